The van der Waals surface area contributed by atoms with Crippen LogP contribution in [0, 0.1) is 0 Å². The molecule has 1 saturated heterocycles. The molecule has 1 aliphatic rings. The number of hydrogen-bond donors (Lipinski definition) is 0. The van der Waals surface area contributed by atoms with E-state index in [-0.39, 0.29) is 0 Å². The van der Waals surface area contributed by atoms with Gasteiger partial charge in [-0.1, -0.05) is 30.3 Å². The molecule has 2 aromatic rings. The van der Waals surface area contributed by atoms with Crippen LogP contribution in [0.1, 0.15) is 11.1 Å². The molecule has 25 heavy (non-hydrogen) atoms. The summed E-state index contributed by atoms with van der Waals surface area (Å²) in [6.07, 6.45) is 1.83. The van der Waals surface area contributed by atoms with Crippen LogP contribution in [0.3, 0.4) is 0 Å². The van der Waals surface area contributed by atoms with E-state index >= 15 is 0 Å². The molecule has 0 N–H and O–H groups in total. The first-order valence-electron chi connectivity index (χ1n) is 8.17. The number of morpholine rings is 1. The molecule has 1 aliphatic heterocycles. The Morgan fingerprint density at radius 1 is 1.20 bits per heavy atom. The number of hydrazone groups is 1. The van der Waals surface area contributed by atoms with Crippen molar-refractivity contribution in [3.05, 3.63) is 58.1 Å². The number of ether oxygens (including phenoxy) is 3. The molecule has 3 rings (SSSR count). The van der Waals surface area contributed by atoms with Crippen LogP contribution in [0.5, 0.6) is 11.5 Å². The first-order chi connectivity index (χ1) is 12.3. The van der Waals surface area contributed by atoms with Crippen LogP contribution in [-0.4, -0.2) is 44.6 Å². The van der Waals surface area contributed by atoms with Gasteiger partial charge in [0.05, 0.1) is 44.1 Å². The van der Waals surface area contributed by atoms with Gasteiger partial charge < -0.3 is 14.2 Å². The van der Waals surface area contributed by atoms with Gasteiger partial charge in [-0.3, -0.25) is 5.01 Å². The van der Waals surface area contributed by atoms with Crippen molar-refractivity contribution in [2.45, 2.75) is 6.61 Å². The Morgan fingerprint density at radius 3 is 2.68 bits per heavy atom. The van der Waals surface area contributed by atoms with Gasteiger partial charge in [-0.05, 0) is 39.2 Å². The molecule has 132 valence electrons. The Bertz CT molecular complexity index is 716. The van der Waals surface area contributed by atoms with Crippen molar-refractivity contribution in [2.24, 2.45) is 5.10 Å². The zero-order valence-corrected chi connectivity index (χ0v) is 15.7. The molecule has 6 heteroatoms. The van der Waals surface area contributed by atoms with Gasteiger partial charge in [-0.2, -0.15) is 5.10 Å². The third-order valence-electron chi connectivity index (χ3n) is 3.84. The van der Waals surface area contributed by atoms with Crippen LogP contribution >= 0.6 is 15.9 Å². The van der Waals surface area contributed by atoms with Gasteiger partial charge in [-0.25, -0.2) is 0 Å². The van der Waals surface area contributed by atoms with E-state index in [1.165, 1.54) is 0 Å². The average Bonchev–Trinajstić information content (AvgIpc) is 2.66. The van der Waals surface area contributed by atoms with Crippen LogP contribution in [0.2, 0.25) is 0 Å². The van der Waals surface area contributed by atoms with Crippen LogP contribution < -0.4 is 9.47 Å². The SMILES string of the molecule is COc1cc(/C=N\N2CCOCC2)cc(Br)c1OCc1ccccc1. The summed E-state index contributed by atoms with van der Waals surface area (Å²) >= 11 is 3.58. The Balaban J connectivity index is 1.72. The summed E-state index contributed by atoms with van der Waals surface area (Å²) in [4.78, 5) is 0. The Kier molecular flexibility index (Phi) is 6.30. The van der Waals surface area contributed by atoms with Gasteiger partial charge in [-0.15, -0.1) is 0 Å². The van der Waals surface area contributed by atoms with Crippen molar-refractivity contribution in [3.8, 4) is 11.5 Å². The quantitative estimate of drug-likeness (QED) is 0.688. The minimum absolute atomic E-state index is 0.483. The first-order valence-corrected chi connectivity index (χ1v) is 8.96. The second-order valence-corrected chi connectivity index (χ2v) is 6.47. The third kappa shape index (κ3) is 4.96. The van der Waals surface area contributed by atoms with Crippen molar-refractivity contribution in [3.63, 3.8) is 0 Å². The van der Waals surface area contributed by atoms with Gasteiger partial charge >= 0.3 is 0 Å². The molecule has 1 heterocycles. The number of benzene rings is 2. The van der Waals surface area contributed by atoms with Crippen molar-refractivity contribution in [2.75, 3.05) is 33.4 Å². The molecule has 0 unspecified atom stereocenters. The summed E-state index contributed by atoms with van der Waals surface area (Å²) in [6, 6.07) is 13.9. The smallest absolute Gasteiger partial charge is 0.175 e. The van der Waals surface area contributed by atoms with E-state index in [9.17, 15) is 0 Å². The highest BCUT2D eigenvalue weighted by atomic mass is 79.9. The van der Waals surface area contributed by atoms with Gasteiger partial charge in [0.2, 0.25) is 0 Å². The number of nitrogens with zero attached hydrogens (tertiary/aromatic N) is 2. The molecule has 0 saturated carbocycles. The van der Waals surface area contributed by atoms with Crippen molar-refractivity contribution < 1.29 is 14.2 Å². The number of hydrogen-bond acceptors (Lipinski definition) is 5. The molecule has 2 aromatic carbocycles. The second-order valence-electron chi connectivity index (χ2n) is 5.62. The molecule has 0 amide bonds. The van der Waals surface area contributed by atoms with Crippen LogP contribution in [0.4, 0.5) is 0 Å². The summed E-state index contributed by atoms with van der Waals surface area (Å²) < 4.78 is 17.6. The topological polar surface area (TPSA) is 43.3 Å². The van der Waals surface area contributed by atoms with Gasteiger partial charge in [0.1, 0.15) is 6.61 Å². The normalized spacial score (nSPS) is 14.7. The van der Waals surface area contributed by atoms with E-state index < -0.39 is 0 Å². The highest BCUT2D eigenvalue weighted by Gasteiger charge is 2.12. The Morgan fingerprint density at radius 2 is 1.96 bits per heavy atom. The maximum Gasteiger partial charge on any atom is 0.175 e. The molecule has 1 fully saturated rings. The van der Waals surface area contributed by atoms with E-state index in [1.807, 2.05) is 53.7 Å². The number of halogens is 1. The fraction of sp³-hybridized carbons (Fsp3) is 0.316. The Labute approximate surface area is 156 Å². The predicted molar refractivity (Wildman–Crippen MR) is 101 cm³/mol. The van der Waals surface area contributed by atoms with E-state index in [2.05, 4.69) is 21.0 Å². The summed E-state index contributed by atoms with van der Waals surface area (Å²) in [7, 11) is 1.64. The summed E-state index contributed by atoms with van der Waals surface area (Å²) in [6.45, 7) is 3.55. The number of methoxy groups -OCH3 is 1. The maximum absolute atomic E-state index is 5.95. The number of rotatable bonds is 6. The van der Waals surface area contributed by atoms with Gasteiger partial charge in [0.25, 0.3) is 0 Å². The lowest BCUT2D eigenvalue weighted by Gasteiger charge is -2.23. The molecule has 0 radical (unpaired) electrons. The molecular weight excluding hydrogens is 384 g/mol. The summed E-state index contributed by atoms with van der Waals surface area (Å²) in [5.41, 5.74) is 2.05. The second kappa shape index (κ2) is 8.87. The highest BCUT2D eigenvalue weighted by Crippen LogP contribution is 2.36. The predicted octanol–water partition coefficient (Wildman–Crippen LogP) is 3.70. The standard InChI is InChI=1S/C19H21BrN2O3/c1-23-18-12-16(13-21-22-7-9-24-10-8-22)11-17(20)19(18)25-14-15-5-3-2-4-6-15/h2-6,11-13H,7-10,14H2,1H3/b21-13-. The molecule has 0 bridgehead atoms. The average molecular weight is 405 g/mol. The maximum atomic E-state index is 5.95. The van der Waals surface area contributed by atoms with E-state index in [0.717, 1.165) is 41.9 Å². The van der Waals surface area contributed by atoms with Crippen LogP contribution in [0.15, 0.2) is 52.0 Å². The molecule has 0 aromatic heterocycles. The molecule has 5 nitrogen and oxygen atoms in total. The minimum atomic E-state index is 0.483. The zero-order chi connectivity index (χ0) is 17.5. The minimum Gasteiger partial charge on any atom is -0.493 e. The molecular formula is C19H21BrN2O3. The molecule has 0 atom stereocenters. The summed E-state index contributed by atoms with van der Waals surface area (Å²) in [5, 5.41) is 6.51. The molecule has 0 spiro atoms. The van der Waals surface area contributed by atoms with Crippen LogP contribution in [-0.2, 0) is 11.3 Å². The highest BCUT2D eigenvalue weighted by molar-refractivity contribution is 9.10. The van der Waals surface area contributed by atoms with E-state index in [1.54, 1.807) is 7.11 Å². The lowest BCUT2D eigenvalue weighted by Crippen LogP contribution is -2.32. The monoisotopic (exact) mass is 404 g/mol. The third-order valence-corrected chi connectivity index (χ3v) is 4.42. The largest absolute Gasteiger partial charge is 0.493 e. The zero-order valence-electron chi connectivity index (χ0n) is 14.2. The van der Waals surface area contributed by atoms with Crippen LogP contribution in [0.25, 0.3) is 0 Å². The Hall–Kier alpha value is -2.05. The van der Waals surface area contributed by atoms with Crippen molar-refractivity contribution in [1.82, 2.24) is 5.01 Å². The lowest BCUT2D eigenvalue weighted by atomic mass is 10.2. The fourth-order valence-corrected chi connectivity index (χ4v) is 3.08. The first kappa shape index (κ1) is 17.8. The lowest BCUT2D eigenvalue weighted by molar-refractivity contribution is 0.0397. The van der Waals surface area contributed by atoms with Gasteiger partial charge in [0, 0.05) is 0 Å². The van der Waals surface area contributed by atoms with Gasteiger partial charge in [0.15, 0.2) is 11.5 Å². The van der Waals surface area contributed by atoms with Crippen molar-refractivity contribution in [1.29, 1.82) is 0 Å². The summed E-state index contributed by atoms with van der Waals surface area (Å²) in [5.74, 6) is 1.36. The van der Waals surface area contributed by atoms with E-state index in [0.29, 0.717) is 18.1 Å². The van der Waals surface area contributed by atoms with Crippen molar-refractivity contribution >= 4 is 22.1 Å². The van der Waals surface area contributed by atoms with E-state index in [4.69, 9.17) is 14.2 Å². The molecule has 0 aliphatic carbocycles. The fourth-order valence-electron chi connectivity index (χ4n) is 2.50.